The number of hydrogen-bond donors (Lipinski definition) is 1. The molecule has 0 bridgehead atoms. The van der Waals surface area contributed by atoms with E-state index in [4.69, 9.17) is 0 Å². The zero-order valence-corrected chi connectivity index (χ0v) is 15.2. The molecule has 0 saturated carbocycles. The highest BCUT2D eigenvalue weighted by atomic mass is 16.4. The fraction of sp³-hybridized carbons (Fsp3) is 0.238. The van der Waals surface area contributed by atoms with Crippen molar-refractivity contribution in [2.45, 2.75) is 0 Å². The fourth-order valence-corrected chi connectivity index (χ4v) is 3.51. The van der Waals surface area contributed by atoms with Crippen molar-refractivity contribution in [2.24, 2.45) is 0 Å². The minimum absolute atomic E-state index is 0.273. The molecule has 1 aliphatic rings. The molecular weight excluding hydrogens is 340 g/mol. The fourth-order valence-electron chi connectivity index (χ4n) is 3.51. The van der Waals surface area contributed by atoms with Crippen LogP contribution in [0.1, 0.15) is 10.4 Å². The largest absolute Gasteiger partial charge is 0.478 e. The van der Waals surface area contributed by atoms with E-state index in [0.29, 0.717) is 0 Å². The van der Waals surface area contributed by atoms with E-state index in [0.717, 1.165) is 48.8 Å². The van der Waals surface area contributed by atoms with E-state index in [1.165, 1.54) is 0 Å². The van der Waals surface area contributed by atoms with E-state index in [1.54, 1.807) is 24.7 Å². The molecule has 4 rings (SSSR count). The molecule has 1 fully saturated rings. The summed E-state index contributed by atoms with van der Waals surface area (Å²) in [5.41, 5.74) is 4.16. The summed E-state index contributed by atoms with van der Waals surface area (Å²) in [7, 11) is 2.13. The Morgan fingerprint density at radius 2 is 1.67 bits per heavy atom. The monoisotopic (exact) mass is 362 g/mol. The first kappa shape index (κ1) is 17.3. The predicted octanol–water partition coefficient (Wildman–Crippen LogP) is 2.99. The van der Waals surface area contributed by atoms with E-state index >= 15 is 0 Å². The second-order valence-electron chi connectivity index (χ2n) is 6.80. The topological polar surface area (TPSA) is 61.6 Å². The minimum atomic E-state index is -0.930. The number of carboxylic acids is 1. The van der Waals surface area contributed by atoms with Crippen LogP contribution in [0.2, 0.25) is 0 Å². The zero-order valence-electron chi connectivity index (χ0n) is 15.2. The number of aromatic nitrogens is 2. The summed E-state index contributed by atoms with van der Waals surface area (Å²) in [4.78, 5) is 20.4. The van der Waals surface area contributed by atoms with Crippen molar-refractivity contribution in [2.75, 3.05) is 38.1 Å². The van der Waals surface area contributed by atoms with E-state index < -0.39 is 5.97 Å². The van der Waals surface area contributed by atoms with Crippen LogP contribution in [0, 0.1) is 0 Å². The lowest BCUT2D eigenvalue weighted by atomic mass is 10.1. The summed E-state index contributed by atoms with van der Waals surface area (Å²) in [6, 6.07) is 13.7. The van der Waals surface area contributed by atoms with Gasteiger partial charge in [-0.25, -0.2) is 4.79 Å². The van der Waals surface area contributed by atoms with Gasteiger partial charge in [0.1, 0.15) is 0 Å². The average molecular weight is 362 g/mol. The lowest BCUT2D eigenvalue weighted by molar-refractivity contribution is 0.0697. The van der Waals surface area contributed by atoms with Gasteiger partial charge in [0.05, 0.1) is 22.6 Å². The van der Waals surface area contributed by atoms with Gasteiger partial charge in [0.25, 0.3) is 0 Å². The maximum Gasteiger partial charge on any atom is 0.337 e. The van der Waals surface area contributed by atoms with Crippen LogP contribution in [0.25, 0.3) is 16.9 Å². The van der Waals surface area contributed by atoms with Gasteiger partial charge in [-0.2, -0.15) is 0 Å². The Morgan fingerprint density at radius 3 is 2.33 bits per heavy atom. The van der Waals surface area contributed by atoms with Crippen LogP contribution in [0.5, 0.6) is 0 Å². The number of carbonyl (C=O) groups is 1. The molecule has 6 heteroatoms. The molecule has 0 atom stereocenters. The Labute approximate surface area is 158 Å². The van der Waals surface area contributed by atoms with Crippen LogP contribution >= 0.6 is 0 Å². The van der Waals surface area contributed by atoms with Crippen LogP contribution < -0.4 is 4.90 Å². The molecule has 0 radical (unpaired) electrons. The lowest BCUT2D eigenvalue weighted by Gasteiger charge is -2.35. The third-order valence-electron chi connectivity index (χ3n) is 5.03. The van der Waals surface area contributed by atoms with Crippen molar-refractivity contribution in [1.82, 2.24) is 14.5 Å². The zero-order chi connectivity index (χ0) is 18.8. The molecule has 1 aliphatic heterocycles. The Morgan fingerprint density at radius 1 is 1.00 bits per heavy atom. The number of piperazine rings is 1. The van der Waals surface area contributed by atoms with Crippen molar-refractivity contribution in [3.63, 3.8) is 0 Å². The molecule has 27 heavy (non-hydrogen) atoms. The molecule has 0 aliphatic carbocycles. The molecule has 2 aromatic heterocycles. The number of aromatic carboxylic acids is 1. The van der Waals surface area contributed by atoms with E-state index in [9.17, 15) is 9.90 Å². The standard InChI is InChI=1S/C21H22N4O2/c1-23-10-12-24(13-11-23)18-4-2-3-5-19(18)25-15-17(21(26)27)14-20(25)16-6-8-22-9-7-16/h2-9,14-15H,10-13H2,1H3,(H,26,27). The minimum Gasteiger partial charge on any atom is -0.478 e. The third-order valence-corrected chi connectivity index (χ3v) is 5.03. The first-order valence-electron chi connectivity index (χ1n) is 9.02. The van der Waals surface area contributed by atoms with Gasteiger partial charge in [-0.15, -0.1) is 0 Å². The lowest BCUT2D eigenvalue weighted by Crippen LogP contribution is -2.44. The summed E-state index contributed by atoms with van der Waals surface area (Å²) >= 11 is 0. The van der Waals surface area contributed by atoms with Gasteiger partial charge in [-0.05, 0) is 37.4 Å². The van der Waals surface area contributed by atoms with Crippen LogP contribution in [-0.4, -0.2) is 58.8 Å². The van der Waals surface area contributed by atoms with Gasteiger partial charge in [0.15, 0.2) is 0 Å². The molecule has 6 nitrogen and oxygen atoms in total. The van der Waals surface area contributed by atoms with Crippen LogP contribution in [0.3, 0.4) is 0 Å². The molecular formula is C21H22N4O2. The molecule has 0 spiro atoms. The summed E-state index contributed by atoms with van der Waals surface area (Å²) in [6.45, 7) is 3.92. The second-order valence-corrected chi connectivity index (χ2v) is 6.80. The van der Waals surface area contributed by atoms with E-state index in [-0.39, 0.29) is 5.56 Å². The Balaban J connectivity index is 1.83. The van der Waals surface area contributed by atoms with Gasteiger partial charge < -0.3 is 19.5 Å². The van der Waals surface area contributed by atoms with Crippen molar-refractivity contribution < 1.29 is 9.90 Å². The summed E-state index contributed by atoms with van der Waals surface area (Å²) in [6.07, 6.45) is 5.14. The van der Waals surface area contributed by atoms with Crippen molar-refractivity contribution in [1.29, 1.82) is 0 Å². The Bertz CT molecular complexity index is 944. The molecule has 0 amide bonds. The van der Waals surface area contributed by atoms with Crippen molar-refractivity contribution in [3.05, 3.63) is 66.6 Å². The molecule has 1 N–H and O–H groups in total. The number of benzene rings is 1. The number of anilines is 1. The van der Waals surface area contributed by atoms with E-state index in [1.807, 2.05) is 34.9 Å². The predicted molar refractivity (Wildman–Crippen MR) is 106 cm³/mol. The molecule has 3 aromatic rings. The quantitative estimate of drug-likeness (QED) is 0.773. The van der Waals surface area contributed by atoms with Gasteiger partial charge >= 0.3 is 5.97 Å². The molecule has 0 unspecified atom stereocenters. The first-order valence-corrected chi connectivity index (χ1v) is 9.02. The number of rotatable bonds is 4. The summed E-state index contributed by atoms with van der Waals surface area (Å²) < 4.78 is 1.98. The van der Waals surface area contributed by atoms with Gasteiger partial charge in [-0.1, -0.05) is 12.1 Å². The Kier molecular flexibility index (Phi) is 4.64. The highest BCUT2D eigenvalue weighted by molar-refractivity contribution is 5.90. The number of carboxylic acid groups (broad SMARTS) is 1. The number of likely N-dealkylation sites (N-methyl/N-ethyl adjacent to an activating group) is 1. The van der Waals surface area contributed by atoms with Crippen LogP contribution in [0.15, 0.2) is 61.1 Å². The average Bonchev–Trinajstić information content (AvgIpc) is 3.15. The molecule has 1 saturated heterocycles. The summed E-state index contributed by atoms with van der Waals surface area (Å²) in [5, 5.41) is 9.52. The highest BCUT2D eigenvalue weighted by Crippen LogP contribution is 2.31. The summed E-state index contributed by atoms with van der Waals surface area (Å²) in [5.74, 6) is -0.930. The maximum absolute atomic E-state index is 11.6. The normalized spacial score (nSPS) is 15.1. The SMILES string of the molecule is CN1CCN(c2ccccc2-n2cc(C(=O)O)cc2-c2ccncc2)CC1. The maximum atomic E-state index is 11.6. The van der Waals surface area contributed by atoms with Gasteiger partial charge in [-0.3, -0.25) is 4.98 Å². The second kappa shape index (κ2) is 7.25. The number of nitrogens with zero attached hydrogens (tertiary/aromatic N) is 4. The molecule has 3 heterocycles. The molecule has 1 aromatic carbocycles. The van der Waals surface area contributed by atoms with E-state index in [2.05, 4.69) is 27.9 Å². The van der Waals surface area contributed by atoms with Crippen molar-refractivity contribution >= 4 is 11.7 Å². The van der Waals surface area contributed by atoms with Gasteiger partial charge in [0.2, 0.25) is 0 Å². The number of hydrogen-bond acceptors (Lipinski definition) is 4. The van der Waals surface area contributed by atoms with Crippen LogP contribution in [0.4, 0.5) is 5.69 Å². The first-order chi connectivity index (χ1) is 13.1. The van der Waals surface area contributed by atoms with Gasteiger partial charge in [0, 0.05) is 50.3 Å². The molecule has 138 valence electrons. The van der Waals surface area contributed by atoms with Crippen LogP contribution in [-0.2, 0) is 0 Å². The smallest absolute Gasteiger partial charge is 0.337 e. The number of pyridine rings is 1. The highest BCUT2D eigenvalue weighted by Gasteiger charge is 2.20. The third kappa shape index (κ3) is 3.44. The van der Waals surface area contributed by atoms with Crippen molar-refractivity contribution in [3.8, 4) is 16.9 Å². The number of para-hydroxylation sites is 2. The Hall–Kier alpha value is -3.12.